The second-order valence-corrected chi connectivity index (χ2v) is 5.61. The first-order valence-corrected chi connectivity index (χ1v) is 5.67. The van der Waals surface area contributed by atoms with Crippen LogP contribution in [0, 0.1) is 5.92 Å². The second-order valence-electron chi connectivity index (χ2n) is 5.61. The Morgan fingerprint density at radius 1 is 1.06 bits per heavy atom. The molecule has 3 aliphatic rings. The number of hydrogen-bond donors (Lipinski definition) is 2. The molecule has 2 heterocycles. The molecule has 5 nitrogen and oxygen atoms in total. The molecular formula is C11H18O5. The molecule has 5 heteroatoms. The summed E-state index contributed by atoms with van der Waals surface area (Å²) in [4.78, 5) is 0. The lowest BCUT2D eigenvalue weighted by molar-refractivity contribution is -0.192. The minimum atomic E-state index is -0.810. The van der Waals surface area contributed by atoms with Crippen molar-refractivity contribution in [3.8, 4) is 0 Å². The second kappa shape index (κ2) is 2.79. The van der Waals surface area contributed by atoms with E-state index in [9.17, 15) is 10.2 Å². The SMILES string of the molecule is CC1(C)O[C@@H]2[C@@H]3O[C@]3(C)[C@@H](CO)[C@]2(CO)O1. The molecule has 2 saturated heterocycles. The smallest absolute Gasteiger partial charge is 0.164 e. The fourth-order valence-electron chi connectivity index (χ4n) is 3.47. The zero-order valence-corrected chi connectivity index (χ0v) is 9.77. The number of aliphatic hydroxyl groups is 2. The molecule has 3 fully saturated rings. The number of ether oxygens (including phenoxy) is 3. The first-order valence-electron chi connectivity index (χ1n) is 5.67. The van der Waals surface area contributed by atoms with Crippen LogP contribution in [-0.4, -0.2) is 52.6 Å². The van der Waals surface area contributed by atoms with E-state index in [4.69, 9.17) is 14.2 Å². The lowest BCUT2D eigenvalue weighted by Crippen LogP contribution is -2.52. The number of rotatable bonds is 2. The Hall–Kier alpha value is -0.200. The lowest BCUT2D eigenvalue weighted by Gasteiger charge is -2.35. The fraction of sp³-hybridized carbons (Fsp3) is 1.00. The van der Waals surface area contributed by atoms with Crippen molar-refractivity contribution in [2.24, 2.45) is 5.92 Å². The summed E-state index contributed by atoms with van der Waals surface area (Å²) in [5.41, 5.74) is -1.21. The van der Waals surface area contributed by atoms with Gasteiger partial charge in [-0.15, -0.1) is 0 Å². The van der Waals surface area contributed by atoms with Crippen molar-refractivity contribution in [1.29, 1.82) is 0 Å². The molecule has 0 aromatic rings. The summed E-state index contributed by atoms with van der Waals surface area (Å²) in [7, 11) is 0. The van der Waals surface area contributed by atoms with Crippen LogP contribution in [0.4, 0.5) is 0 Å². The molecule has 16 heavy (non-hydrogen) atoms. The van der Waals surface area contributed by atoms with E-state index in [-0.39, 0.29) is 31.3 Å². The van der Waals surface area contributed by atoms with Crippen LogP contribution >= 0.6 is 0 Å². The van der Waals surface area contributed by atoms with E-state index in [1.54, 1.807) is 0 Å². The topological polar surface area (TPSA) is 71.5 Å². The molecule has 5 atom stereocenters. The van der Waals surface area contributed by atoms with E-state index < -0.39 is 17.0 Å². The predicted octanol–water partition coefficient (Wildman–Crippen LogP) is -0.351. The highest BCUT2D eigenvalue weighted by molar-refractivity contribution is 5.27. The first kappa shape index (κ1) is 10.9. The highest BCUT2D eigenvalue weighted by Crippen LogP contribution is 2.63. The van der Waals surface area contributed by atoms with Crippen molar-refractivity contribution in [3.05, 3.63) is 0 Å². The summed E-state index contributed by atoms with van der Waals surface area (Å²) in [5, 5.41) is 19.2. The van der Waals surface area contributed by atoms with E-state index in [2.05, 4.69) is 0 Å². The predicted molar refractivity (Wildman–Crippen MR) is 53.7 cm³/mol. The van der Waals surface area contributed by atoms with Crippen molar-refractivity contribution in [2.75, 3.05) is 13.2 Å². The van der Waals surface area contributed by atoms with Crippen LogP contribution in [0.15, 0.2) is 0 Å². The summed E-state index contributed by atoms with van der Waals surface area (Å²) >= 11 is 0. The maximum Gasteiger partial charge on any atom is 0.164 e. The molecule has 2 N–H and O–H groups in total. The van der Waals surface area contributed by atoms with Crippen LogP contribution in [0.3, 0.4) is 0 Å². The normalized spacial score (nSPS) is 57.2. The third-order valence-corrected chi connectivity index (χ3v) is 4.20. The van der Waals surface area contributed by atoms with Gasteiger partial charge >= 0.3 is 0 Å². The fourth-order valence-corrected chi connectivity index (χ4v) is 3.47. The molecule has 1 aliphatic carbocycles. The number of aliphatic hydroxyl groups excluding tert-OH is 2. The Balaban J connectivity index is 2.01. The van der Waals surface area contributed by atoms with Gasteiger partial charge in [-0.1, -0.05) is 0 Å². The van der Waals surface area contributed by atoms with Crippen LogP contribution in [0.5, 0.6) is 0 Å². The largest absolute Gasteiger partial charge is 0.396 e. The molecule has 0 radical (unpaired) electrons. The summed E-state index contributed by atoms with van der Waals surface area (Å²) in [6.45, 7) is 5.35. The standard InChI is InChI=1S/C11H18O5/c1-9(2)14-8-7-10(3,15-7)6(4-12)11(8,5-13)16-9/h6-8,12-13H,4-5H2,1-3H3/t6-,7+,8-,10-,11+/m1/s1. The van der Waals surface area contributed by atoms with E-state index in [0.29, 0.717) is 0 Å². The highest BCUT2D eigenvalue weighted by atomic mass is 16.8. The van der Waals surface area contributed by atoms with E-state index >= 15 is 0 Å². The summed E-state index contributed by atoms with van der Waals surface area (Å²) in [6.07, 6.45) is -0.353. The molecule has 0 aromatic heterocycles. The molecule has 0 spiro atoms. The van der Waals surface area contributed by atoms with Gasteiger partial charge in [-0.2, -0.15) is 0 Å². The molecule has 0 aromatic carbocycles. The van der Waals surface area contributed by atoms with Gasteiger partial charge in [0.2, 0.25) is 0 Å². The molecule has 1 saturated carbocycles. The Morgan fingerprint density at radius 2 is 1.75 bits per heavy atom. The van der Waals surface area contributed by atoms with Crippen molar-refractivity contribution in [1.82, 2.24) is 0 Å². The first-order chi connectivity index (χ1) is 7.39. The van der Waals surface area contributed by atoms with E-state index in [1.807, 2.05) is 20.8 Å². The van der Waals surface area contributed by atoms with Crippen LogP contribution < -0.4 is 0 Å². The Labute approximate surface area is 94.3 Å². The number of hydrogen-bond acceptors (Lipinski definition) is 5. The van der Waals surface area contributed by atoms with Crippen molar-refractivity contribution >= 4 is 0 Å². The van der Waals surface area contributed by atoms with Crippen LogP contribution in [-0.2, 0) is 14.2 Å². The van der Waals surface area contributed by atoms with Gasteiger partial charge < -0.3 is 24.4 Å². The van der Waals surface area contributed by atoms with Crippen molar-refractivity contribution in [2.45, 2.75) is 50.0 Å². The van der Waals surface area contributed by atoms with Gasteiger partial charge in [-0.25, -0.2) is 0 Å². The van der Waals surface area contributed by atoms with Gasteiger partial charge in [0, 0.05) is 5.92 Å². The highest BCUT2D eigenvalue weighted by Gasteiger charge is 2.81. The Morgan fingerprint density at radius 3 is 2.31 bits per heavy atom. The third kappa shape index (κ3) is 1.03. The van der Waals surface area contributed by atoms with Crippen molar-refractivity contribution < 1.29 is 24.4 Å². The van der Waals surface area contributed by atoms with E-state index in [0.717, 1.165) is 0 Å². The quantitative estimate of drug-likeness (QED) is 0.634. The molecule has 3 rings (SSSR count). The van der Waals surface area contributed by atoms with E-state index in [1.165, 1.54) is 0 Å². The monoisotopic (exact) mass is 230 g/mol. The molecule has 92 valence electrons. The number of fused-ring (bicyclic) bond motifs is 3. The lowest BCUT2D eigenvalue weighted by atomic mass is 9.85. The molecule has 0 bridgehead atoms. The van der Waals surface area contributed by atoms with Gasteiger partial charge in [0.25, 0.3) is 0 Å². The molecule has 2 aliphatic heterocycles. The maximum absolute atomic E-state index is 9.64. The third-order valence-electron chi connectivity index (χ3n) is 4.20. The van der Waals surface area contributed by atoms with Crippen LogP contribution in [0.1, 0.15) is 20.8 Å². The van der Waals surface area contributed by atoms with Gasteiger partial charge in [0.05, 0.1) is 13.2 Å². The summed E-state index contributed by atoms with van der Waals surface area (Å²) < 4.78 is 17.3. The molecule has 0 amide bonds. The minimum absolute atomic E-state index is 0.0660. The average Bonchev–Trinajstić information content (AvgIpc) is 2.71. The number of epoxide rings is 1. The van der Waals surface area contributed by atoms with Crippen LogP contribution in [0.25, 0.3) is 0 Å². The minimum Gasteiger partial charge on any atom is -0.396 e. The van der Waals surface area contributed by atoms with Crippen molar-refractivity contribution in [3.63, 3.8) is 0 Å². The van der Waals surface area contributed by atoms with Gasteiger partial charge in [0.15, 0.2) is 5.79 Å². The summed E-state index contributed by atoms with van der Waals surface area (Å²) in [6, 6.07) is 0. The van der Waals surface area contributed by atoms with Gasteiger partial charge in [-0.05, 0) is 20.8 Å². The zero-order valence-electron chi connectivity index (χ0n) is 9.77. The zero-order chi connectivity index (χ0) is 11.8. The van der Waals surface area contributed by atoms with Crippen LogP contribution in [0.2, 0.25) is 0 Å². The van der Waals surface area contributed by atoms with Gasteiger partial charge in [-0.3, -0.25) is 0 Å². The molecular weight excluding hydrogens is 212 g/mol. The maximum atomic E-state index is 9.64. The van der Waals surface area contributed by atoms with Gasteiger partial charge in [0.1, 0.15) is 23.4 Å². The Kier molecular flexibility index (Phi) is 1.90. The summed E-state index contributed by atoms with van der Waals surface area (Å²) in [5.74, 6) is -0.963. The average molecular weight is 230 g/mol. The Bertz CT molecular complexity index is 330. The molecule has 0 unspecified atom stereocenters.